The lowest BCUT2D eigenvalue weighted by atomic mass is 10.1. The number of benzene rings is 2. The molecule has 7 nitrogen and oxygen atoms in total. The summed E-state index contributed by atoms with van der Waals surface area (Å²) in [4.78, 5) is 21.9. The van der Waals surface area contributed by atoms with E-state index in [9.17, 15) is 4.79 Å². The summed E-state index contributed by atoms with van der Waals surface area (Å²) in [6.07, 6.45) is 5.70. The van der Waals surface area contributed by atoms with Crippen LogP contribution in [0.2, 0.25) is 0 Å². The van der Waals surface area contributed by atoms with Gasteiger partial charge in [-0.25, -0.2) is 9.97 Å². The number of amides is 1. The maximum atomic E-state index is 11.2. The molecule has 2 aromatic heterocycles. The molecule has 0 spiro atoms. The lowest BCUT2D eigenvalue weighted by molar-refractivity contribution is -0.114. The van der Waals surface area contributed by atoms with Gasteiger partial charge in [0.1, 0.15) is 0 Å². The predicted octanol–water partition coefficient (Wildman–Crippen LogP) is 4.21. The molecule has 156 valence electrons. The van der Waals surface area contributed by atoms with Crippen molar-refractivity contribution < 1.29 is 4.79 Å². The number of rotatable bonds is 6. The number of nitrogens with one attached hydrogen (secondary N) is 2. The lowest BCUT2D eigenvalue weighted by Gasteiger charge is -2.09. The molecule has 2 aromatic carbocycles. The summed E-state index contributed by atoms with van der Waals surface area (Å²) in [5, 5.41) is 11.2. The number of aromatic amines is 1. The number of anilines is 1. The standard InChI is InChI=1S/C24H24N6O/c1-16(31)26-24-25-13-12-21(27-24)19-9-10-20-22(28-29-23(20)14-19)11-8-17-4-6-18(7-5-17)15-30(2)3/h4-14H,15H2,1-3H3,(H,28,29)(H,25,26,27,31)/b11-8+. The van der Waals surface area contributed by atoms with Gasteiger partial charge in [-0.3, -0.25) is 15.2 Å². The van der Waals surface area contributed by atoms with Crippen LogP contribution in [0.3, 0.4) is 0 Å². The van der Waals surface area contributed by atoms with Gasteiger partial charge in [0.15, 0.2) is 0 Å². The van der Waals surface area contributed by atoms with Crippen LogP contribution in [0.25, 0.3) is 34.3 Å². The number of aromatic nitrogens is 4. The number of fused-ring (bicyclic) bond motifs is 1. The average molecular weight is 412 g/mol. The first-order chi connectivity index (χ1) is 15.0. The highest BCUT2D eigenvalue weighted by atomic mass is 16.1. The van der Waals surface area contributed by atoms with Gasteiger partial charge in [-0.1, -0.05) is 36.4 Å². The van der Waals surface area contributed by atoms with Crippen LogP contribution in [0.5, 0.6) is 0 Å². The highest BCUT2D eigenvalue weighted by Gasteiger charge is 2.08. The molecule has 31 heavy (non-hydrogen) atoms. The molecule has 0 atom stereocenters. The maximum absolute atomic E-state index is 11.2. The van der Waals surface area contributed by atoms with Gasteiger partial charge in [0.2, 0.25) is 11.9 Å². The van der Waals surface area contributed by atoms with Crippen molar-refractivity contribution in [3.05, 3.63) is 71.5 Å². The van der Waals surface area contributed by atoms with Crippen LogP contribution in [0.4, 0.5) is 5.95 Å². The summed E-state index contributed by atoms with van der Waals surface area (Å²) in [7, 11) is 4.13. The molecule has 2 heterocycles. The fraction of sp³-hybridized carbons (Fsp3) is 0.167. The SMILES string of the molecule is CC(=O)Nc1nccc(-c2ccc3c(/C=C/c4ccc(CN(C)C)cc4)n[nH]c3c2)n1. The van der Waals surface area contributed by atoms with E-state index in [1.54, 1.807) is 6.20 Å². The summed E-state index contributed by atoms with van der Waals surface area (Å²) < 4.78 is 0. The molecule has 0 aliphatic rings. The molecular formula is C24H24N6O. The van der Waals surface area contributed by atoms with E-state index in [1.807, 2.05) is 30.3 Å². The normalized spacial score (nSPS) is 11.5. The third-order valence-electron chi connectivity index (χ3n) is 4.74. The first kappa shape index (κ1) is 20.4. The topological polar surface area (TPSA) is 86.8 Å². The predicted molar refractivity (Wildman–Crippen MR) is 124 cm³/mol. The Morgan fingerprint density at radius 1 is 1.10 bits per heavy atom. The number of nitrogens with zero attached hydrogens (tertiary/aromatic N) is 4. The first-order valence-electron chi connectivity index (χ1n) is 9.99. The minimum Gasteiger partial charge on any atom is -0.305 e. The molecule has 0 fully saturated rings. The van der Waals surface area contributed by atoms with E-state index in [1.165, 1.54) is 12.5 Å². The fourth-order valence-corrected chi connectivity index (χ4v) is 3.34. The molecule has 4 aromatic rings. The number of H-pyrrole nitrogens is 1. The maximum Gasteiger partial charge on any atom is 0.229 e. The van der Waals surface area contributed by atoms with E-state index in [0.717, 1.165) is 40.0 Å². The van der Waals surface area contributed by atoms with Crippen molar-refractivity contribution in [3.63, 3.8) is 0 Å². The molecule has 0 aliphatic heterocycles. The second kappa shape index (κ2) is 8.89. The zero-order valence-electron chi connectivity index (χ0n) is 17.8. The minimum atomic E-state index is -0.204. The Bertz CT molecular complexity index is 1240. The Morgan fingerprint density at radius 2 is 1.90 bits per heavy atom. The van der Waals surface area contributed by atoms with Crippen molar-refractivity contribution in [3.8, 4) is 11.3 Å². The van der Waals surface area contributed by atoms with Crippen LogP contribution in [0.1, 0.15) is 23.7 Å². The van der Waals surface area contributed by atoms with Crippen molar-refractivity contribution in [2.24, 2.45) is 0 Å². The number of carbonyl (C=O) groups excluding carboxylic acids is 1. The smallest absolute Gasteiger partial charge is 0.229 e. The van der Waals surface area contributed by atoms with E-state index in [0.29, 0.717) is 0 Å². The molecule has 0 unspecified atom stereocenters. The molecule has 2 N–H and O–H groups in total. The van der Waals surface area contributed by atoms with E-state index in [2.05, 4.69) is 74.8 Å². The van der Waals surface area contributed by atoms with Crippen molar-refractivity contribution >= 4 is 34.9 Å². The molecule has 0 saturated carbocycles. The quantitative estimate of drug-likeness (QED) is 0.495. The summed E-state index contributed by atoms with van der Waals surface area (Å²) in [6.45, 7) is 2.36. The molecular weight excluding hydrogens is 388 g/mol. The third kappa shape index (κ3) is 5.02. The summed E-state index contributed by atoms with van der Waals surface area (Å²) in [5.74, 6) is 0.0832. The van der Waals surface area contributed by atoms with Crippen LogP contribution in [-0.2, 0) is 11.3 Å². The molecule has 0 saturated heterocycles. The van der Waals surface area contributed by atoms with Gasteiger partial charge in [-0.05, 0) is 49.5 Å². The van der Waals surface area contributed by atoms with Crippen LogP contribution < -0.4 is 5.32 Å². The lowest BCUT2D eigenvalue weighted by Crippen LogP contribution is -2.10. The van der Waals surface area contributed by atoms with Crippen molar-refractivity contribution in [2.45, 2.75) is 13.5 Å². The van der Waals surface area contributed by atoms with Crippen LogP contribution >= 0.6 is 0 Å². The monoisotopic (exact) mass is 412 g/mol. The van der Waals surface area contributed by atoms with Gasteiger partial charge in [0, 0.05) is 30.6 Å². The van der Waals surface area contributed by atoms with Crippen molar-refractivity contribution in [1.29, 1.82) is 0 Å². The molecule has 0 radical (unpaired) electrons. The Balaban J connectivity index is 1.55. The van der Waals surface area contributed by atoms with Gasteiger partial charge in [-0.2, -0.15) is 5.10 Å². The second-order valence-corrected chi connectivity index (χ2v) is 7.63. The first-order valence-corrected chi connectivity index (χ1v) is 9.99. The zero-order valence-corrected chi connectivity index (χ0v) is 17.8. The largest absolute Gasteiger partial charge is 0.305 e. The van der Waals surface area contributed by atoms with Crippen molar-refractivity contribution in [2.75, 3.05) is 19.4 Å². The highest BCUT2D eigenvalue weighted by molar-refractivity contribution is 5.92. The summed E-state index contributed by atoms with van der Waals surface area (Å²) in [6, 6.07) is 16.3. The Labute approximate surface area is 180 Å². The molecule has 0 bridgehead atoms. The van der Waals surface area contributed by atoms with E-state index in [4.69, 9.17) is 0 Å². The Morgan fingerprint density at radius 3 is 2.65 bits per heavy atom. The summed E-state index contributed by atoms with van der Waals surface area (Å²) in [5.41, 5.74) is 5.84. The zero-order chi connectivity index (χ0) is 21.8. The van der Waals surface area contributed by atoms with Gasteiger partial charge in [0.25, 0.3) is 0 Å². The highest BCUT2D eigenvalue weighted by Crippen LogP contribution is 2.25. The molecule has 1 amide bonds. The van der Waals surface area contributed by atoms with Gasteiger partial charge in [-0.15, -0.1) is 0 Å². The molecule has 0 aliphatic carbocycles. The van der Waals surface area contributed by atoms with E-state index >= 15 is 0 Å². The minimum absolute atomic E-state index is 0.204. The van der Waals surface area contributed by atoms with Gasteiger partial charge in [0.05, 0.1) is 16.9 Å². The van der Waals surface area contributed by atoms with E-state index < -0.39 is 0 Å². The number of hydrogen-bond donors (Lipinski definition) is 2. The van der Waals surface area contributed by atoms with Crippen LogP contribution in [-0.4, -0.2) is 45.1 Å². The number of carbonyl (C=O) groups is 1. The summed E-state index contributed by atoms with van der Waals surface area (Å²) >= 11 is 0. The molecule has 7 heteroatoms. The average Bonchev–Trinajstić information content (AvgIpc) is 3.15. The Hall–Kier alpha value is -3.84. The second-order valence-electron chi connectivity index (χ2n) is 7.63. The van der Waals surface area contributed by atoms with E-state index in [-0.39, 0.29) is 11.9 Å². The van der Waals surface area contributed by atoms with Crippen LogP contribution in [0, 0.1) is 0 Å². The number of hydrogen-bond acceptors (Lipinski definition) is 5. The van der Waals surface area contributed by atoms with Gasteiger partial charge >= 0.3 is 0 Å². The fourth-order valence-electron chi connectivity index (χ4n) is 3.34. The van der Waals surface area contributed by atoms with Crippen molar-refractivity contribution in [1.82, 2.24) is 25.1 Å². The third-order valence-corrected chi connectivity index (χ3v) is 4.74. The van der Waals surface area contributed by atoms with Gasteiger partial charge < -0.3 is 4.90 Å². The molecule has 4 rings (SSSR count). The Kier molecular flexibility index (Phi) is 5.86. The van der Waals surface area contributed by atoms with Crippen LogP contribution in [0.15, 0.2) is 54.7 Å².